The number of amides is 2. The molecule has 1 atom stereocenters. The molecule has 1 N–H and O–H groups in total. The van der Waals surface area contributed by atoms with E-state index in [1.807, 2.05) is 32.0 Å². The Morgan fingerprint density at radius 1 is 1.22 bits per heavy atom. The van der Waals surface area contributed by atoms with Gasteiger partial charge in [-0.2, -0.15) is 0 Å². The van der Waals surface area contributed by atoms with E-state index in [0.717, 1.165) is 37.7 Å². The maximum Gasteiger partial charge on any atom is 0.244 e. The van der Waals surface area contributed by atoms with Gasteiger partial charge in [0.05, 0.1) is 19.6 Å². The maximum atomic E-state index is 13.1. The number of hydrogen-bond acceptors (Lipinski definition) is 4. The van der Waals surface area contributed by atoms with Gasteiger partial charge in [0.1, 0.15) is 17.5 Å². The number of methoxy groups -OCH3 is 2. The summed E-state index contributed by atoms with van der Waals surface area (Å²) in [6, 6.07) is 5.17. The van der Waals surface area contributed by atoms with E-state index in [9.17, 15) is 9.59 Å². The SMILES string of the molecule is COc1ccc(OC)c(CNC(=O)C2N(C(C)C)C(=O)C23CCCCC3)c1. The molecule has 1 heterocycles. The van der Waals surface area contributed by atoms with Crippen LogP contribution in [0.4, 0.5) is 0 Å². The summed E-state index contributed by atoms with van der Waals surface area (Å²) in [5, 5.41) is 3.04. The van der Waals surface area contributed by atoms with Crippen molar-refractivity contribution in [1.29, 1.82) is 0 Å². The molecule has 1 aliphatic carbocycles. The second kappa shape index (κ2) is 7.79. The maximum absolute atomic E-state index is 13.1. The molecule has 0 aromatic heterocycles. The van der Waals surface area contributed by atoms with Crippen molar-refractivity contribution < 1.29 is 19.1 Å². The van der Waals surface area contributed by atoms with Crippen molar-refractivity contribution in [1.82, 2.24) is 10.2 Å². The first-order valence-corrected chi connectivity index (χ1v) is 9.76. The first-order chi connectivity index (χ1) is 12.9. The van der Waals surface area contributed by atoms with Crippen LogP contribution in [0, 0.1) is 5.41 Å². The number of carbonyl (C=O) groups is 2. The van der Waals surface area contributed by atoms with E-state index in [1.165, 1.54) is 0 Å². The number of ether oxygens (including phenoxy) is 2. The van der Waals surface area contributed by atoms with Crippen LogP contribution in [0.5, 0.6) is 11.5 Å². The van der Waals surface area contributed by atoms with Gasteiger partial charge in [0, 0.05) is 18.2 Å². The molecule has 2 amide bonds. The van der Waals surface area contributed by atoms with Gasteiger partial charge >= 0.3 is 0 Å². The number of benzene rings is 1. The molecule has 1 aromatic rings. The highest BCUT2D eigenvalue weighted by Gasteiger charge is 2.63. The first-order valence-electron chi connectivity index (χ1n) is 9.76. The van der Waals surface area contributed by atoms with Gasteiger partial charge in [0.2, 0.25) is 11.8 Å². The lowest BCUT2D eigenvalue weighted by atomic mass is 9.61. The molecule has 2 aliphatic rings. The van der Waals surface area contributed by atoms with Crippen LogP contribution in [0.2, 0.25) is 0 Å². The molecule has 148 valence electrons. The highest BCUT2D eigenvalue weighted by Crippen LogP contribution is 2.51. The molecule has 0 bridgehead atoms. The minimum absolute atomic E-state index is 0.0205. The number of nitrogens with one attached hydrogen (secondary N) is 1. The Labute approximate surface area is 161 Å². The number of hydrogen-bond donors (Lipinski definition) is 1. The van der Waals surface area contributed by atoms with E-state index >= 15 is 0 Å². The number of carbonyl (C=O) groups excluding carboxylic acids is 2. The Kier molecular flexibility index (Phi) is 5.63. The normalized spacial score (nSPS) is 21.1. The molecule has 27 heavy (non-hydrogen) atoms. The zero-order valence-corrected chi connectivity index (χ0v) is 16.7. The van der Waals surface area contributed by atoms with Crippen LogP contribution < -0.4 is 14.8 Å². The quantitative estimate of drug-likeness (QED) is 0.778. The van der Waals surface area contributed by atoms with Crippen LogP contribution in [0.1, 0.15) is 51.5 Å². The standard InChI is InChI=1S/C21H30N2O4/c1-14(2)23-18(21(20(23)25)10-6-5-7-11-21)19(24)22-13-15-12-16(26-3)8-9-17(15)27-4/h8-9,12,14,18H,5-7,10-11,13H2,1-4H3,(H,22,24). The van der Waals surface area contributed by atoms with Crippen molar-refractivity contribution in [2.45, 2.75) is 64.6 Å². The van der Waals surface area contributed by atoms with Crippen molar-refractivity contribution in [2.24, 2.45) is 5.41 Å². The van der Waals surface area contributed by atoms with Gasteiger partial charge in [-0.15, -0.1) is 0 Å². The van der Waals surface area contributed by atoms with E-state index in [2.05, 4.69) is 5.32 Å². The molecular formula is C21H30N2O4. The molecule has 1 unspecified atom stereocenters. The van der Waals surface area contributed by atoms with E-state index < -0.39 is 5.41 Å². The summed E-state index contributed by atoms with van der Waals surface area (Å²) in [4.78, 5) is 27.7. The Balaban J connectivity index is 1.77. The molecule has 1 saturated carbocycles. The minimum atomic E-state index is -0.495. The lowest BCUT2D eigenvalue weighted by Gasteiger charge is -2.58. The van der Waals surface area contributed by atoms with Crippen LogP contribution in [-0.4, -0.2) is 43.0 Å². The molecule has 2 fully saturated rings. The Hall–Kier alpha value is -2.24. The lowest BCUT2D eigenvalue weighted by molar-refractivity contribution is -0.186. The summed E-state index contributed by atoms with van der Waals surface area (Å²) < 4.78 is 10.7. The van der Waals surface area contributed by atoms with E-state index in [-0.39, 0.29) is 23.9 Å². The zero-order valence-electron chi connectivity index (χ0n) is 16.7. The summed E-state index contributed by atoms with van der Waals surface area (Å²) in [5.41, 5.74) is 0.357. The number of likely N-dealkylation sites (tertiary alicyclic amines) is 1. The Bertz CT molecular complexity index is 710. The van der Waals surface area contributed by atoms with Crippen molar-refractivity contribution in [3.63, 3.8) is 0 Å². The minimum Gasteiger partial charge on any atom is -0.497 e. The second-order valence-electron chi connectivity index (χ2n) is 7.82. The predicted molar refractivity (Wildman–Crippen MR) is 103 cm³/mol. The molecule has 6 nitrogen and oxygen atoms in total. The van der Waals surface area contributed by atoms with Gasteiger partial charge in [0.15, 0.2) is 0 Å². The van der Waals surface area contributed by atoms with Crippen molar-refractivity contribution in [3.8, 4) is 11.5 Å². The topological polar surface area (TPSA) is 67.9 Å². The van der Waals surface area contributed by atoms with Crippen LogP contribution in [0.25, 0.3) is 0 Å². The van der Waals surface area contributed by atoms with Gasteiger partial charge in [-0.05, 0) is 44.9 Å². The highest BCUT2D eigenvalue weighted by atomic mass is 16.5. The van der Waals surface area contributed by atoms with Gasteiger partial charge in [-0.3, -0.25) is 9.59 Å². The molecule has 1 aromatic carbocycles. The third-order valence-electron chi connectivity index (χ3n) is 5.95. The summed E-state index contributed by atoms with van der Waals surface area (Å²) in [7, 11) is 3.22. The average molecular weight is 374 g/mol. The molecule has 3 rings (SSSR count). The summed E-state index contributed by atoms with van der Waals surface area (Å²) in [5.74, 6) is 1.49. The van der Waals surface area contributed by atoms with Gasteiger partial charge < -0.3 is 19.7 Å². The summed E-state index contributed by atoms with van der Waals surface area (Å²) in [6.45, 7) is 4.28. The van der Waals surface area contributed by atoms with Crippen molar-refractivity contribution >= 4 is 11.8 Å². The number of β-lactam (4-membered cyclic amide) rings is 1. The molecule has 0 radical (unpaired) electrons. The van der Waals surface area contributed by atoms with E-state index in [4.69, 9.17) is 9.47 Å². The summed E-state index contributed by atoms with van der Waals surface area (Å²) in [6.07, 6.45) is 4.81. The average Bonchev–Trinajstić information content (AvgIpc) is 2.69. The van der Waals surface area contributed by atoms with Gasteiger partial charge in [-0.1, -0.05) is 19.3 Å². The van der Waals surface area contributed by atoms with Crippen molar-refractivity contribution in [3.05, 3.63) is 23.8 Å². The lowest BCUT2D eigenvalue weighted by Crippen LogP contribution is -2.75. The molecule has 1 aliphatic heterocycles. The van der Waals surface area contributed by atoms with Gasteiger partial charge in [0.25, 0.3) is 0 Å². The highest BCUT2D eigenvalue weighted by molar-refractivity contribution is 6.02. The predicted octanol–water partition coefficient (Wildman–Crippen LogP) is 2.89. The fourth-order valence-corrected chi connectivity index (χ4v) is 4.57. The third kappa shape index (κ3) is 3.37. The molecule has 6 heteroatoms. The number of rotatable bonds is 6. The fraction of sp³-hybridized carbons (Fsp3) is 0.619. The Morgan fingerprint density at radius 2 is 1.93 bits per heavy atom. The van der Waals surface area contributed by atoms with E-state index in [0.29, 0.717) is 18.0 Å². The van der Waals surface area contributed by atoms with Crippen LogP contribution in [-0.2, 0) is 16.1 Å². The zero-order chi connectivity index (χ0) is 19.6. The molecular weight excluding hydrogens is 344 g/mol. The van der Waals surface area contributed by atoms with Gasteiger partial charge in [-0.25, -0.2) is 0 Å². The largest absolute Gasteiger partial charge is 0.497 e. The molecule has 1 spiro atoms. The monoisotopic (exact) mass is 374 g/mol. The smallest absolute Gasteiger partial charge is 0.244 e. The summed E-state index contributed by atoms with van der Waals surface area (Å²) >= 11 is 0. The molecule has 1 saturated heterocycles. The van der Waals surface area contributed by atoms with Crippen LogP contribution in [0.15, 0.2) is 18.2 Å². The third-order valence-corrected chi connectivity index (χ3v) is 5.95. The number of nitrogens with zero attached hydrogens (tertiary/aromatic N) is 1. The fourth-order valence-electron chi connectivity index (χ4n) is 4.57. The van der Waals surface area contributed by atoms with Crippen LogP contribution >= 0.6 is 0 Å². The van der Waals surface area contributed by atoms with Crippen LogP contribution in [0.3, 0.4) is 0 Å². The Morgan fingerprint density at radius 3 is 2.52 bits per heavy atom. The second-order valence-corrected chi connectivity index (χ2v) is 7.82. The van der Waals surface area contributed by atoms with E-state index in [1.54, 1.807) is 19.1 Å². The first kappa shape index (κ1) is 19.5. The van der Waals surface area contributed by atoms with Crippen molar-refractivity contribution in [2.75, 3.05) is 14.2 Å².